The van der Waals surface area contributed by atoms with Gasteiger partial charge < -0.3 is 134 Å². The second-order valence-electron chi connectivity index (χ2n) is 26.6. The number of aliphatic hydroxyl groups is 16. The third-order valence-corrected chi connectivity index (χ3v) is 21.8. The van der Waals surface area contributed by atoms with Crippen molar-refractivity contribution in [2.75, 3.05) is 33.0 Å². The number of hydrogen-bond donors (Lipinski definition) is 16. The van der Waals surface area contributed by atoms with Gasteiger partial charge in [0.25, 0.3) is 0 Å². The quantitative estimate of drug-likeness (QED) is 0.0611. The van der Waals surface area contributed by atoms with E-state index in [-0.39, 0.29) is 47.2 Å². The van der Waals surface area contributed by atoms with Gasteiger partial charge in [-0.1, -0.05) is 27.7 Å². The van der Waals surface area contributed by atoms with Crippen LogP contribution in [0.4, 0.5) is 0 Å². The van der Waals surface area contributed by atoms with E-state index in [0.717, 1.165) is 38.5 Å². The molecule has 83 heavy (non-hydrogen) atoms. The molecule has 0 aromatic carbocycles. The molecule has 0 bridgehead atoms. The van der Waals surface area contributed by atoms with Crippen LogP contribution in [-0.2, 0) is 52.1 Å². The van der Waals surface area contributed by atoms with Crippen LogP contribution in [0.3, 0.4) is 0 Å². The summed E-state index contributed by atoms with van der Waals surface area (Å²) in [5.74, 6) is -0.0280. The van der Waals surface area contributed by atoms with Crippen LogP contribution in [0.25, 0.3) is 0 Å². The summed E-state index contributed by atoms with van der Waals surface area (Å²) in [5.41, 5.74) is -0.130. The summed E-state index contributed by atoms with van der Waals surface area (Å²) in [5, 5.41) is 172. The molecule has 27 heteroatoms. The van der Waals surface area contributed by atoms with Gasteiger partial charge in [0.05, 0.1) is 51.3 Å². The molecule has 4 aliphatic carbocycles. The molecule has 4 saturated carbocycles. The smallest absolute Gasteiger partial charge is 0.187 e. The Balaban J connectivity index is 0.786. The Morgan fingerprint density at radius 3 is 1.84 bits per heavy atom. The predicted molar refractivity (Wildman–Crippen MR) is 277 cm³/mol. The number of ether oxygens (including phenoxy) is 11. The molecule has 10 fully saturated rings. The Morgan fingerprint density at radius 1 is 0.530 bits per heavy atom. The van der Waals surface area contributed by atoms with Crippen LogP contribution < -0.4 is 0 Å². The van der Waals surface area contributed by atoms with Gasteiger partial charge in [-0.15, -0.1) is 0 Å². The molecule has 16 N–H and O–H groups in total. The molecule has 480 valence electrons. The van der Waals surface area contributed by atoms with Crippen LogP contribution in [0.15, 0.2) is 0 Å². The van der Waals surface area contributed by atoms with E-state index in [2.05, 4.69) is 20.8 Å². The fourth-order valence-corrected chi connectivity index (χ4v) is 16.8. The van der Waals surface area contributed by atoms with Gasteiger partial charge in [0.1, 0.15) is 110 Å². The second kappa shape index (κ2) is 25.7. The van der Waals surface area contributed by atoms with Gasteiger partial charge in [-0.05, 0) is 111 Å². The van der Waals surface area contributed by atoms with Crippen LogP contribution in [-0.4, -0.2) is 280 Å². The van der Waals surface area contributed by atoms with Crippen molar-refractivity contribution < 1.29 is 134 Å². The molecule has 10 rings (SSSR count). The van der Waals surface area contributed by atoms with Crippen molar-refractivity contribution in [3.63, 3.8) is 0 Å². The van der Waals surface area contributed by atoms with E-state index in [9.17, 15) is 81.7 Å². The first-order chi connectivity index (χ1) is 39.3. The van der Waals surface area contributed by atoms with Crippen molar-refractivity contribution in [1.82, 2.24) is 0 Å². The minimum absolute atomic E-state index is 0.0595. The van der Waals surface area contributed by atoms with Crippen molar-refractivity contribution in [2.45, 2.75) is 264 Å². The molecule has 10 aliphatic rings. The van der Waals surface area contributed by atoms with Crippen LogP contribution in [0.1, 0.15) is 98.8 Å². The van der Waals surface area contributed by atoms with Gasteiger partial charge in [-0.25, -0.2) is 0 Å². The molecular weight excluding hydrogens is 1100 g/mol. The Hall–Kier alpha value is -1.08. The van der Waals surface area contributed by atoms with Crippen molar-refractivity contribution in [3.05, 3.63) is 0 Å². The Morgan fingerprint density at radius 2 is 1.13 bits per heavy atom. The van der Waals surface area contributed by atoms with E-state index < -0.39 is 186 Å². The van der Waals surface area contributed by atoms with E-state index in [4.69, 9.17) is 52.1 Å². The molecule has 6 heterocycles. The maximum Gasteiger partial charge on any atom is 0.187 e. The minimum Gasteiger partial charge on any atom is -0.394 e. The molecule has 6 saturated heterocycles. The van der Waals surface area contributed by atoms with Crippen molar-refractivity contribution >= 4 is 0 Å². The van der Waals surface area contributed by atoms with E-state index in [1.165, 1.54) is 6.92 Å². The van der Waals surface area contributed by atoms with E-state index in [1.54, 1.807) is 0 Å². The van der Waals surface area contributed by atoms with Crippen LogP contribution in [0.5, 0.6) is 0 Å². The molecule has 0 aromatic rings. The van der Waals surface area contributed by atoms with Gasteiger partial charge >= 0.3 is 0 Å². The maximum absolute atomic E-state index is 12.3. The molecule has 27 nitrogen and oxygen atoms in total. The van der Waals surface area contributed by atoms with E-state index >= 15 is 0 Å². The molecule has 36 atom stereocenters. The van der Waals surface area contributed by atoms with E-state index in [0.29, 0.717) is 43.4 Å². The first-order valence-electron chi connectivity index (χ1n) is 30.1. The Bertz CT molecular complexity index is 2120. The lowest BCUT2D eigenvalue weighted by atomic mass is 9.44. The number of rotatable bonds is 17. The monoisotopic (exact) mass is 1200 g/mol. The lowest BCUT2D eigenvalue weighted by Gasteiger charge is -2.61. The third kappa shape index (κ3) is 12.0. The highest BCUT2D eigenvalue weighted by molar-refractivity contribution is 5.15. The topological polar surface area (TPSA) is 425 Å². The van der Waals surface area contributed by atoms with Gasteiger partial charge in [-0.3, -0.25) is 0 Å². The van der Waals surface area contributed by atoms with Crippen LogP contribution in [0.2, 0.25) is 0 Å². The molecule has 0 spiro atoms. The molecular formula is C56H94O27. The molecule has 0 unspecified atom stereocenters. The summed E-state index contributed by atoms with van der Waals surface area (Å²) in [6.07, 6.45) is -31.0. The van der Waals surface area contributed by atoms with Crippen molar-refractivity contribution in [1.29, 1.82) is 0 Å². The fraction of sp³-hybridized carbons (Fsp3) is 1.00. The molecule has 0 amide bonds. The predicted octanol–water partition coefficient (Wildman–Crippen LogP) is -4.46. The SMILES string of the molecule is C[C@H](CC[C@@]1(O)O[C@H]2C[C@H]3[C@@H]4CC[C@H]5C[C@@H](O[C@@H]6O[C@H](CO)[C@H](O[C@@H]7O[C@H](CO)[C@@H](O)[C@H](O[C@@H]8OC[C@@H](O)[C@H](O)[C@H]8O)[C@H]7O)[C@H](O)[C@H]6O[C@@H]6O[C@@H](C)[C@H](O)[C@@H](O)[C@H]6O)CC[C@]5(C)[C@H]4CC[C@]3(C)[C@H]2[C@@H]1C)CO[C@@H]1O[C@H](CO)[C@@H](O)[C@H](O)[C@H]1O. The first kappa shape index (κ1) is 64.9. The first-order valence-corrected chi connectivity index (χ1v) is 30.1. The van der Waals surface area contributed by atoms with E-state index in [1.807, 2.05) is 6.92 Å². The van der Waals surface area contributed by atoms with Gasteiger partial charge in [0.2, 0.25) is 0 Å². The average molecular weight is 1200 g/mol. The normalized spacial score (nSPS) is 55.9. The highest BCUT2D eigenvalue weighted by atomic mass is 16.8. The summed E-state index contributed by atoms with van der Waals surface area (Å²) < 4.78 is 66.2. The summed E-state index contributed by atoms with van der Waals surface area (Å²) in [4.78, 5) is 0. The number of aliphatic hydroxyl groups excluding tert-OH is 15. The molecule has 0 radical (unpaired) electrons. The zero-order valence-corrected chi connectivity index (χ0v) is 47.8. The highest BCUT2D eigenvalue weighted by Gasteiger charge is 2.69. The van der Waals surface area contributed by atoms with Gasteiger partial charge in [0, 0.05) is 12.3 Å². The number of hydrogen-bond acceptors (Lipinski definition) is 27. The van der Waals surface area contributed by atoms with Gasteiger partial charge in [0.15, 0.2) is 37.2 Å². The van der Waals surface area contributed by atoms with Crippen molar-refractivity contribution in [2.24, 2.45) is 52.3 Å². The van der Waals surface area contributed by atoms with Crippen LogP contribution in [0, 0.1) is 52.3 Å². The third-order valence-electron chi connectivity index (χ3n) is 21.8. The standard InChI is InChI=1S/C56H94O27/c1-21(19-73-49-42(68)40(66)37(63)31(16-57)77-49)8-13-56(72)22(2)34-30(83-56)15-28-26-7-6-24-14-25(9-11-54(24,4)27(26)10-12-55(28,34)5)76-53-48(82-51-43(69)39(65)35(61)23(3)75-51)44(70)46(33(18-59)79-53)80-52-45(71)47(38(64)32(17-58)78-52)81-50-41(67)36(62)29(60)20-74-50/h21-53,57-72H,6-20H2,1-5H3/t21-,22+,23+,24+,25+,26-,27+,28+,29-,30+,31-,32-,33-,34+,35+,36+,37-,38-,39-,40+,41-,42-,43-,44+,45-,46+,47+,48-,49-,50+,51+,52+,53-,54+,55+,56-/m1/s1. The number of fused-ring (bicyclic) bond motifs is 7. The fourth-order valence-electron chi connectivity index (χ4n) is 16.8. The van der Waals surface area contributed by atoms with Gasteiger partial charge in [-0.2, -0.15) is 0 Å². The summed E-state index contributed by atoms with van der Waals surface area (Å²) in [6.45, 7) is 7.75. The summed E-state index contributed by atoms with van der Waals surface area (Å²) in [7, 11) is 0. The summed E-state index contributed by atoms with van der Waals surface area (Å²) >= 11 is 0. The zero-order valence-electron chi connectivity index (χ0n) is 47.8. The average Bonchev–Trinajstić information content (AvgIpc) is 1.68. The maximum atomic E-state index is 12.3. The lowest BCUT2D eigenvalue weighted by molar-refractivity contribution is -0.395. The second-order valence-corrected chi connectivity index (χ2v) is 26.6. The zero-order chi connectivity index (χ0) is 59.9. The highest BCUT2D eigenvalue weighted by Crippen LogP contribution is 2.71. The largest absolute Gasteiger partial charge is 0.394 e. The molecule has 0 aromatic heterocycles. The van der Waals surface area contributed by atoms with Crippen molar-refractivity contribution in [3.8, 4) is 0 Å². The molecule has 6 aliphatic heterocycles. The Labute approximate surface area is 482 Å². The van der Waals surface area contributed by atoms with Crippen LogP contribution >= 0.6 is 0 Å². The minimum atomic E-state index is -1.96. The summed E-state index contributed by atoms with van der Waals surface area (Å²) in [6, 6.07) is 0. The lowest BCUT2D eigenvalue weighted by Crippen LogP contribution is -2.67. The Kier molecular flexibility index (Phi) is 20.1.